The van der Waals surface area contributed by atoms with Crippen molar-refractivity contribution in [2.75, 3.05) is 13.6 Å². The molecule has 0 bridgehead atoms. The highest BCUT2D eigenvalue weighted by atomic mass is 32.1. The monoisotopic (exact) mass is 386 g/mol. The second-order valence-corrected chi connectivity index (χ2v) is 7.31. The number of nitrogens with zero attached hydrogens (tertiary/aromatic N) is 1. The minimum absolute atomic E-state index is 0.122. The van der Waals surface area contributed by atoms with Crippen LogP contribution >= 0.6 is 11.3 Å². The molecule has 1 atom stereocenters. The van der Waals surface area contributed by atoms with Crippen molar-refractivity contribution in [1.82, 2.24) is 10.2 Å². The Bertz CT molecular complexity index is 881. The number of hydrogen-bond donors (Lipinski definition) is 1. The van der Waals surface area contributed by atoms with Gasteiger partial charge in [0.25, 0.3) is 0 Å². The molecule has 0 unspecified atom stereocenters. The van der Waals surface area contributed by atoms with Gasteiger partial charge in [0.2, 0.25) is 5.91 Å². The van der Waals surface area contributed by atoms with Crippen LogP contribution in [0.2, 0.25) is 0 Å². The number of hydrogen-bond acceptors (Lipinski definition) is 3. The van der Waals surface area contributed by atoms with Gasteiger partial charge in [-0.25, -0.2) is 8.78 Å². The summed E-state index contributed by atoms with van der Waals surface area (Å²) in [6.45, 7) is 0.456. The lowest BCUT2D eigenvalue weighted by molar-refractivity contribution is -0.122. The van der Waals surface area contributed by atoms with Crippen LogP contribution in [0.4, 0.5) is 8.78 Å². The molecule has 27 heavy (non-hydrogen) atoms. The average molecular weight is 386 g/mol. The zero-order valence-corrected chi connectivity index (χ0v) is 15.7. The number of benzene rings is 2. The average Bonchev–Trinajstić information content (AvgIpc) is 3.17. The Balaban J connectivity index is 1.67. The highest BCUT2D eigenvalue weighted by Gasteiger charge is 2.19. The SMILES string of the molecule is CN(CC(=O)N[C@@H](c1ccc(F)cc1)c1cccs1)Cc1ccccc1F. The van der Waals surface area contributed by atoms with Crippen LogP contribution in [0.5, 0.6) is 0 Å². The van der Waals surface area contributed by atoms with Crippen molar-refractivity contribution in [3.63, 3.8) is 0 Å². The van der Waals surface area contributed by atoms with Crippen molar-refractivity contribution in [1.29, 1.82) is 0 Å². The molecule has 2 aromatic carbocycles. The van der Waals surface area contributed by atoms with Crippen LogP contribution in [0.15, 0.2) is 66.0 Å². The fourth-order valence-electron chi connectivity index (χ4n) is 2.85. The quantitative estimate of drug-likeness (QED) is 0.654. The molecule has 0 saturated heterocycles. The van der Waals surface area contributed by atoms with Crippen LogP contribution in [-0.2, 0) is 11.3 Å². The van der Waals surface area contributed by atoms with Crippen molar-refractivity contribution in [3.8, 4) is 0 Å². The van der Waals surface area contributed by atoms with Crippen LogP contribution in [0.3, 0.4) is 0 Å². The first kappa shape index (κ1) is 19.2. The van der Waals surface area contributed by atoms with E-state index in [9.17, 15) is 13.6 Å². The number of halogens is 2. The van der Waals surface area contributed by atoms with Gasteiger partial charge in [0.1, 0.15) is 11.6 Å². The van der Waals surface area contributed by atoms with E-state index < -0.39 is 0 Å². The Hall–Kier alpha value is -2.57. The van der Waals surface area contributed by atoms with Crippen molar-refractivity contribution < 1.29 is 13.6 Å². The molecule has 1 aromatic heterocycles. The van der Waals surface area contributed by atoms with E-state index in [4.69, 9.17) is 0 Å². The molecule has 0 aliphatic rings. The van der Waals surface area contributed by atoms with Gasteiger partial charge in [-0.2, -0.15) is 0 Å². The minimum atomic E-state index is -0.347. The molecule has 0 radical (unpaired) electrons. The summed E-state index contributed by atoms with van der Waals surface area (Å²) in [6, 6.07) is 16.1. The first-order valence-electron chi connectivity index (χ1n) is 8.53. The second-order valence-electron chi connectivity index (χ2n) is 6.33. The summed E-state index contributed by atoms with van der Waals surface area (Å²) in [7, 11) is 1.77. The molecule has 3 aromatic rings. The predicted octanol–water partition coefficient (Wildman–Crippen LogP) is 4.36. The Morgan fingerprint density at radius 2 is 1.81 bits per heavy atom. The maximum atomic E-state index is 13.8. The summed E-state index contributed by atoms with van der Waals surface area (Å²) in [5.41, 5.74) is 1.35. The largest absolute Gasteiger partial charge is 0.343 e. The number of amides is 1. The fourth-order valence-corrected chi connectivity index (χ4v) is 3.66. The molecule has 1 amide bonds. The summed E-state index contributed by atoms with van der Waals surface area (Å²) >= 11 is 1.52. The minimum Gasteiger partial charge on any atom is -0.343 e. The number of nitrogens with one attached hydrogen (secondary N) is 1. The maximum Gasteiger partial charge on any atom is 0.234 e. The Kier molecular flexibility index (Phi) is 6.32. The van der Waals surface area contributed by atoms with E-state index in [0.29, 0.717) is 12.1 Å². The van der Waals surface area contributed by atoms with Crippen LogP contribution in [0.25, 0.3) is 0 Å². The van der Waals surface area contributed by atoms with Crippen molar-refractivity contribution in [2.45, 2.75) is 12.6 Å². The second kappa shape index (κ2) is 8.88. The van der Waals surface area contributed by atoms with E-state index in [2.05, 4.69) is 5.32 Å². The normalized spacial score (nSPS) is 12.1. The van der Waals surface area contributed by atoms with Gasteiger partial charge in [-0.3, -0.25) is 9.69 Å². The van der Waals surface area contributed by atoms with E-state index >= 15 is 0 Å². The molecule has 0 aliphatic carbocycles. The van der Waals surface area contributed by atoms with Crippen LogP contribution in [-0.4, -0.2) is 24.4 Å². The van der Waals surface area contributed by atoms with E-state index in [1.165, 1.54) is 29.5 Å². The lowest BCUT2D eigenvalue weighted by Crippen LogP contribution is -2.37. The van der Waals surface area contributed by atoms with Gasteiger partial charge in [-0.15, -0.1) is 11.3 Å². The number of rotatable bonds is 7. The highest BCUT2D eigenvalue weighted by molar-refractivity contribution is 7.10. The van der Waals surface area contributed by atoms with E-state index in [1.54, 1.807) is 42.3 Å². The molecule has 3 rings (SSSR count). The molecule has 0 aliphatic heterocycles. The smallest absolute Gasteiger partial charge is 0.234 e. The number of thiophene rings is 1. The summed E-state index contributed by atoms with van der Waals surface area (Å²) in [5, 5.41) is 4.93. The van der Waals surface area contributed by atoms with Crippen molar-refractivity contribution in [2.24, 2.45) is 0 Å². The molecule has 1 N–H and O–H groups in total. The summed E-state index contributed by atoms with van der Waals surface area (Å²) in [6.07, 6.45) is 0. The molecule has 140 valence electrons. The first-order chi connectivity index (χ1) is 13.0. The highest BCUT2D eigenvalue weighted by Crippen LogP contribution is 2.26. The summed E-state index contributed by atoms with van der Waals surface area (Å²) in [4.78, 5) is 15.3. The molecule has 6 heteroatoms. The van der Waals surface area contributed by atoms with Crippen molar-refractivity contribution >= 4 is 17.2 Å². The lowest BCUT2D eigenvalue weighted by atomic mass is 10.1. The van der Waals surface area contributed by atoms with Gasteiger partial charge in [0.05, 0.1) is 12.6 Å². The summed E-state index contributed by atoms with van der Waals surface area (Å²) in [5.74, 6) is -0.788. The maximum absolute atomic E-state index is 13.8. The predicted molar refractivity (Wildman–Crippen MR) is 103 cm³/mol. The zero-order chi connectivity index (χ0) is 19.2. The third-order valence-electron chi connectivity index (χ3n) is 4.15. The standard InChI is InChI=1S/C21H20F2N2OS/c1-25(13-16-5-2-3-6-18(16)23)14-20(26)24-21(19-7-4-12-27-19)15-8-10-17(22)11-9-15/h2-12,21H,13-14H2,1H3,(H,24,26)/t21-/m0/s1. The Morgan fingerprint density at radius 1 is 1.07 bits per heavy atom. The van der Waals surface area contributed by atoms with Gasteiger partial charge in [0, 0.05) is 17.0 Å². The third kappa shape index (κ3) is 5.21. The third-order valence-corrected chi connectivity index (χ3v) is 5.09. The molecular formula is C21H20F2N2OS. The number of carbonyl (C=O) groups is 1. The van der Waals surface area contributed by atoms with E-state index in [0.717, 1.165) is 10.4 Å². The Morgan fingerprint density at radius 3 is 2.48 bits per heavy atom. The van der Waals surface area contributed by atoms with Crippen LogP contribution in [0.1, 0.15) is 22.0 Å². The molecule has 0 saturated carbocycles. The topological polar surface area (TPSA) is 32.3 Å². The van der Waals surface area contributed by atoms with E-state index in [1.807, 2.05) is 17.5 Å². The fraction of sp³-hybridized carbons (Fsp3) is 0.190. The van der Waals surface area contributed by atoms with Crippen molar-refractivity contribution in [3.05, 3.63) is 93.7 Å². The number of likely N-dealkylation sites (N-methyl/N-ethyl adjacent to an activating group) is 1. The lowest BCUT2D eigenvalue weighted by Gasteiger charge is -2.21. The van der Waals surface area contributed by atoms with Gasteiger partial charge in [-0.05, 0) is 42.3 Å². The Labute approximate surface area is 161 Å². The number of carbonyl (C=O) groups excluding carboxylic acids is 1. The van der Waals surface area contributed by atoms with Gasteiger partial charge in [-0.1, -0.05) is 36.4 Å². The van der Waals surface area contributed by atoms with Crippen LogP contribution in [0, 0.1) is 11.6 Å². The van der Waals surface area contributed by atoms with Gasteiger partial charge >= 0.3 is 0 Å². The first-order valence-corrected chi connectivity index (χ1v) is 9.41. The molecule has 0 spiro atoms. The molecular weight excluding hydrogens is 366 g/mol. The zero-order valence-electron chi connectivity index (χ0n) is 14.9. The summed E-state index contributed by atoms with van der Waals surface area (Å²) < 4.78 is 27.0. The van der Waals surface area contributed by atoms with Crippen LogP contribution < -0.4 is 5.32 Å². The van der Waals surface area contributed by atoms with Gasteiger partial charge < -0.3 is 5.32 Å². The molecule has 1 heterocycles. The molecule has 3 nitrogen and oxygen atoms in total. The van der Waals surface area contributed by atoms with E-state index in [-0.39, 0.29) is 30.1 Å². The van der Waals surface area contributed by atoms with Gasteiger partial charge in [0.15, 0.2) is 0 Å². The molecule has 0 fully saturated rings.